The molecular formula is C13H20O3. The summed E-state index contributed by atoms with van der Waals surface area (Å²) in [4.78, 5) is 11.4. The van der Waals surface area contributed by atoms with E-state index >= 15 is 0 Å². The minimum absolute atomic E-state index is 0.123. The van der Waals surface area contributed by atoms with Crippen molar-refractivity contribution in [3.8, 4) is 0 Å². The van der Waals surface area contributed by atoms with Crippen LogP contribution in [0.1, 0.15) is 27.2 Å². The van der Waals surface area contributed by atoms with Gasteiger partial charge in [-0.25, -0.2) is 0 Å². The van der Waals surface area contributed by atoms with Crippen molar-refractivity contribution in [2.75, 3.05) is 6.61 Å². The van der Waals surface area contributed by atoms with E-state index in [9.17, 15) is 9.90 Å². The highest BCUT2D eigenvalue weighted by Gasteiger charge is 2.34. The summed E-state index contributed by atoms with van der Waals surface area (Å²) in [6.45, 7) is 5.74. The van der Waals surface area contributed by atoms with Gasteiger partial charge in [0.1, 0.15) is 0 Å². The van der Waals surface area contributed by atoms with Crippen LogP contribution in [0, 0.1) is 11.3 Å². The van der Waals surface area contributed by atoms with Crippen molar-refractivity contribution in [1.82, 2.24) is 0 Å². The summed E-state index contributed by atoms with van der Waals surface area (Å²) in [5.41, 5.74) is 0.893. The van der Waals surface area contributed by atoms with E-state index in [-0.39, 0.29) is 23.7 Å². The van der Waals surface area contributed by atoms with E-state index in [0.29, 0.717) is 6.42 Å². The number of aliphatic hydroxyl groups excluding tert-OH is 2. The summed E-state index contributed by atoms with van der Waals surface area (Å²) < 4.78 is 0. The molecule has 0 bridgehead atoms. The first kappa shape index (κ1) is 13.1. The number of hydrogen-bond acceptors (Lipinski definition) is 3. The molecule has 3 nitrogen and oxygen atoms in total. The summed E-state index contributed by atoms with van der Waals surface area (Å²) in [7, 11) is 0. The van der Waals surface area contributed by atoms with E-state index in [1.54, 1.807) is 12.2 Å². The molecule has 2 unspecified atom stereocenters. The average Bonchev–Trinajstić information content (AvgIpc) is 2.14. The second-order valence-electron chi connectivity index (χ2n) is 5.13. The van der Waals surface area contributed by atoms with Crippen LogP contribution in [0.4, 0.5) is 0 Å². The maximum atomic E-state index is 11.4. The molecule has 0 heterocycles. The lowest BCUT2D eigenvalue weighted by atomic mass is 9.68. The Labute approximate surface area is 96.5 Å². The minimum Gasteiger partial charge on any atom is -0.393 e. The summed E-state index contributed by atoms with van der Waals surface area (Å²) >= 11 is 0. The van der Waals surface area contributed by atoms with E-state index in [0.717, 1.165) is 5.57 Å². The first-order valence-corrected chi connectivity index (χ1v) is 5.55. The molecule has 0 radical (unpaired) electrons. The predicted octanol–water partition coefficient (Wildman–Crippen LogP) is 1.46. The molecule has 0 aliphatic heterocycles. The number of carbonyl (C=O) groups is 1. The molecule has 0 spiro atoms. The Bertz CT molecular complexity index is 326. The molecule has 2 N–H and O–H groups in total. The zero-order chi connectivity index (χ0) is 12.3. The van der Waals surface area contributed by atoms with E-state index in [4.69, 9.17) is 5.11 Å². The Hall–Kier alpha value is -0.930. The highest BCUT2D eigenvalue weighted by Crippen LogP contribution is 2.40. The molecule has 16 heavy (non-hydrogen) atoms. The van der Waals surface area contributed by atoms with Gasteiger partial charge in [0.2, 0.25) is 0 Å². The first-order valence-electron chi connectivity index (χ1n) is 5.55. The Kier molecular flexibility index (Phi) is 4.05. The van der Waals surface area contributed by atoms with Gasteiger partial charge in [-0.15, -0.1) is 0 Å². The van der Waals surface area contributed by atoms with Crippen molar-refractivity contribution in [3.05, 3.63) is 23.8 Å². The van der Waals surface area contributed by atoms with Gasteiger partial charge in [0.25, 0.3) is 0 Å². The molecule has 2 atom stereocenters. The van der Waals surface area contributed by atoms with Crippen LogP contribution in [0.15, 0.2) is 23.8 Å². The van der Waals surface area contributed by atoms with E-state index in [1.165, 1.54) is 0 Å². The highest BCUT2D eigenvalue weighted by molar-refractivity contribution is 5.92. The lowest BCUT2D eigenvalue weighted by molar-refractivity contribution is -0.117. The van der Waals surface area contributed by atoms with Crippen molar-refractivity contribution in [3.63, 3.8) is 0 Å². The SMILES string of the molecule is CC1=CC(=O)CC(C)(C)C1C=CC(O)CO. The van der Waals surface area contributed by atoms with Crippen molar-refractivity contribution >= 4 is 5.78 Å². The van der Waals surface area contributed by atoms with Crippen LogP contribution >= 0.6 is 0 Å². The fraction of sp³-hybridized carbons (Fsp3) is 0.615. The number of carbonyl (C=O) groups excluding carboxylic acids is 1. The van der Waals surface area contributed by atoms with Crippen molar-refractivity contribution in [2.45, 2.75) is 33.3 Å². The second kappa shape index (κ2) is 4.93. The lowest BCUT2D eigenvalue weighted by Crippen LogP contribution is -2.30. The molecule has 90 valence electrons. The standard InChI is InChI=1S/C13H20O3/c1-9-6-11(16)7-13(2,3)12(9)5-4-10(15)8-14/h4-6,10,12,14-15H,7-8H2,1-3H3. The molecule has 0 aromatic carbocycles. The third kappa shape index (κ3) is 3.03. The van der Waals surface area contributed by atoms with Gasteiger partial charge in [0.05, 0.1) is 12.7 Å². The zero-order valence-electron chi connectivity index (χ0n) is 10.1. The Morgan fingerprint density at radius 2 is 2.25 bits per heavy atom. The van der Waals surface area contributed by atoms with Gasteiger partial charge in [0, 0.05) is 12.3 Å². The molecule has 0 amide bonds. The average molecular weight is 224 g/mol. The number of aliphatic hydroxyl groups is 2. The molecule has 0 aromatic rings. The zero-order valence-corrected chi connectivity index (χ0v) is 10.1. The van der Waals surface area contributed by atoms with Gasteiger partial charge >= 0.3 is 0 Å². The molecule has 1 aliphatic carbocycles. The summed E-state index contributed by atoms with van der Waals surface area (Å²) in [6, 6.07) is 0. The summed E-state index contributed by atoms with van der Waals surface area (Å²) in [5.74, 6) is 0.307. The third-order valence-electron chi connectivity index (χ3n) is 3.06. The molecule has 1 rings (SSSR count). The van der Waals surface area contributed by atoms with Crippen molar-refractivity contribution in [1.29, 1.82) is 0 Å². The van der Waals surface area contributed by atoms with Crippen molar-refractivity contribution < 1.29 is 15.0 Å². The smallest absolute Gasteiger partial charge is 0.156 e. The quantitative estimate of drug-likeness (QED) is 0.713. The molecular weight excluding hydrogens is 204 g/mol. The normalized spacial score (nSPS) is 26.9. The van der Waals surface area contributed by atoms with Crippen LogP contribution in [-0.2, 0) is 4.79 Å². The highest BCUT2D eigenvalue weighted by atomic mass is 16.3. The summed E-state index contributed by atoms with van der Waals surface area (Å²) in [5, 5.41) is 18.0. The number of rotatable bonds is 3. The van der Waals surface area contributed by atoms with Gasteiger partial charge in [-0.3, -0.25) is 4.79 Å². The number of allylic oxidation sites excluding steroid dienone is 3. The molecule has 0 saturated heterocycles. The predicted molar refractivity (Wildman–Crippen MR) is 62.9 cm³/mol. The number of hydrogen-bond donors (Lipinski definition) is 2. The van der Waals surface area contributed by atoms with E-state index < -0.39 is 6.10 Å². The first-order chi connectivity index (χ1) is 7.36. The van der Waals surface area contributed by atoms with Crippen LogP contribution in [0.25, 0.3) is 0 Å². The second-order valence-corrected chi connectivity index (χ2v) is 5.13. The maximum Gasteiger partial charge on any atom is 0.156 e. The van der Waals surface area contributed by atoms with Gasteiger partial charge in [-0.1, -0.05) is 31.6 Å². The summed E-state index contributed by atoms with van der Waals surface area (Å²) in [6.07, 6.45) is 4.86. The number of ketones is 1. The Morgan fingerprint density at radius 1 is 1.62 bits per heavy atom. The maximum absolute atomic E-state index is 11.4. The van der Waals surface area contributed by atoms with Crippen LogP contribution in [0.3, 0.4) is 0 Å². The molecule has 0 fully saturated rings. The van der Waals surface area contributed by atoms with Crippen LogP contribution in [0.2, 0.25) is 0 Å². The Morgan fingerprint density at radius 3 is 2.75 bits per heavy atom. The van der Waals surface area contributed by atoms with Crippen molar-refractivity contribution in [2.24, 2.45) is 11.3 Å². The molecule has 1 aliphatic rings. The van der Waals surface area contributed by atoms with Crippen LogP contribution < -0.4 is 0 Å². The molecule has 0 saturated carbocycles. The monoisotopic (exact) mass is 224 g/mol. The van der Waals surface area contributed by atoms with Crippen LogP contribution in [0.5, 0.6) is 0 Å². The van der Waals surface area contributed by atoms with E-state index in [2.05, 4.69) is 0 Å². The largest absolute Gasteiger partial charge is 0.393 e. The van der Waals surface area contributed by atoms with Gasteiger partial charge in [0.15, 0.2) is 5.78 Å². The van der Waals surface area contributed by atoms with E-state index in [1.807, 2.05) is 26.8 Å². The third-order valence-corrected chi connectivity index (χ3v) is 3.06. The fourth-order valence-electron chi connectivity index (χ4n) is 2.28. The molecule has 3 heteroatoms. The lowest BCUT2D eigenvalue weighted by Gasteiger charge is -2.35. The van der Waals surface area contributed by atoms with Gasteiger partial charge < -0.3 is 10.2 Å². The van der Waals surface area contributed by atoms with Gasteiger partial charge in [-0.2, -0.15) is 0 Å². The topological polar surface area (TPSA) is 57.5 Å². The molecule has 0 aromatic heterocycles. The Balaban J connectivity index is 2.88. The van der Waals surface area contributed by atoms with Crippen LogP contribution in [-0.4, -0.2) is 28.7 Å². The minimum atomic E-state index is -0.818. The fourth-order valence-corrected chi connectivity index (χ4v) is 2.28. The van der Waals surface area contributed by atoms with Gasteiger partial charge in [-0.05, 0) is 18.4 Å².